The summed E-state index contributed by atoms with van der Waals surface area (Å²) in [5, 5.41) is 21.7. The predicted molar refractivity (Wildman–Crippen MR) is 88.7 cm³/mol. The summed E-state index contributed by atoms with van der Waals surface area (Å²) in [4.78, 5) is 20.6. The van der Waals surface area contributed by atoms with Crippen LogP contribution < -0.4 is 10.6 Å². The zero-order valence-corrected chi connectivity index (χ0v) is 13.9. The van der Waals surface area contributed by atoms with Crippen LogP contribution in [0.2, 0.25) is 0 Å². The van der Waals surface area contributed by atoms with E-state index in [2.05, 4.69) is 15.5 Å². The second-order valence-electron chi connectivity index (χ2n) is 4.75. The second kappa shape index (κ2) is 11.4. The van der Waals surface area contributed by atoms with E-state index < -0.39 is 11.9 Å². The summed E-state index contributed by atoms with van der Waals surface area (Å²) < 4.78 is 10.5. The van der Waals surface area contributed by atoms with Gasteiger partial charge in [0.1, 0.15) is 5.76 Å². The molecule has 134 valence electrons. The number of hydrogen-bond donors (Lipinski definition) is 4. The maximum absolute atomic E-state index is 9.10. The third kappa shape index (κ3) is 9.08. The average Bonchev–Trinajstić information content (AvgIpc) is 3.08. The Kier molecular flexibility index (Phi) is 9.42. The number of ether oxygens (including phenoxy) is 1. The van der Waals surface area contributed by atoms with Gasteiger partial charge in [-0.1, -0.05) is 0 Å². The van der Waals surface area contributed by atoms with Gasteiger partial charge in [0.15, 0.2) is 5.11 Å². The van der Waals surface area contributed by atoms with Crippen LogP contribution in [-0.2, 0) is 20.9 Å². The number of carboxylic acids is 2. The lowest BCUT2D eigenvalue weighted by Gasteiger charge is -2.26. The van der Waals surface area contributed by atoms with Crippen molar-refractivity contribution in [2.45, 2.75) is 6.54 Å². The molecular formula is C14H21N3O6S. The Balaban J connectivity index is 0.000000413. The van der Waals surface area contributed by atoms with Crippen molar-refractivity contribution in [3.63, 3.8) is 0 Å². The van der Waals surface area contributed by atoms with Crippen LogP contribution >= 0.6 is 12.2 Å². The molecule has 1 aromatic rings. The predicted octanol–water partition coefficient (Wildman–Crippen LogP) is -0.268. The van der Waals surface area contributed by atoms with E-state index in [-0.39, 0.29) is 0 Å². The fourth-order valence-electron chi connectivity index (χ4n) is 1.80. The van der Waals surface area contributed by atoms with Crippen molar-refractivity contribution in [3.8, 4) is 0 Å². The van der Waals surface area contributed by atoms with Crippen molar-refractivity contribution in [2.75, 3.05) is 39.4 Å². The maximum Gasteiger partial charge on any atom is 0.414 e. The first-order valence-corrected chi connectivity index (χ1v) is 7.70. The molecule has 2 rings (SSSR count). The van der Waals surface area contributed by atoms with Gasteiger partial charge in [0.2, 0.25) is 0 Å². The Hall–Kier alpha value is -2.17. The molecule has 0 aliphatic carbocycles. The summed E-state index contributed by atoms with van der Waals surface area (Å²) in [6.45, 7) is 6.15. The number of aliphatic carboxylic acids is 2. The first kappa shape index (κ1) is 19.9. The van der Waals surface area contributed by atoms with E-state index in [0.29, 0.717) is 11.7 Å². The molecule has 9 nitrogen and oxygen atoms in total. The van der Waals surface area contributed by atoms with E-state index >= 15 is 0 Å². The SMILES string of the molecule is O=C(O)C(=O)O.S=C(NCCN1CCOCC1)NCc1ccco1. The highest BCUT2D eigenvalue weighted by Crippen LogP contribution is 1.98. The van der Waals surface area contributed by atoms with Crippen LogP contribution in [0.25, 0.3) is 0 Å². The summed E-state index contributed by atoms with van der Waals surface area (Å²) in [7, 11) is 0. The quantitative estimate of drug-likeness (QED) is 0.412. The number of rotatable bonds is 5. The van der Waals surface area contributed by atoms with Gasteiger partial charge in [-0.2, -0.15) is 0 Å². The molecule has 0 aromatic carbocycles. The lowest BCUT2D eigenvalue weighted by molar-refractivity contribution is -0.159. The maximum atomic E-state index is 9.10. The van der Waals surface area contributed by atoms with Crippen molar-refractivity contribution >= 4 is 29.3 Å². The van der Waals surface area contributed by atoms with E-state index in [1.807, 2.05) is 12.1 Å². The van der Waals surface area contributed by atoms with Gasteiger partial charge in [-0.05, 0) is 24.4 Å². The van der Waals surface area contributed by atoms with E-state index in [1.165, 1.54) is 0 Å². The minimum Gasteiger partial charge on any atom is -0.473 e. The summed E-state index contributed by atoms with van der Waals surface area (Å²) in [6.07, 6.45) is 1.66. The molecular weight excluding hydrogens is 338 g/mol. The molecule has 0 amide bonds. The number of nitrogens with zero attached hydrogens (tertiary/aromatic N) is 1. The third-order valence-electron chi connectivity index (χ3n) is 3.00. The molecule has 0 saturated carbocycles. The van der Waals surface area contributed by atoms with Gasteiger partial charge >= 0.3 is 11.9 Å². The Morgan fingerprint density at radius 3 is 2.42 bits per heavy atom. The third-order valence-corrected chi connectivity index (χ3v) is 3.29. The molecule has 0 unspecified atom stereocenters. The molecule has 0 spiro atoms. The number of furan rings is 1. The molecule has 1 aliphatic rings. The molecule has 1 saturated heterocycles. The highest BCUT2D eigenvalue weighted by Gasteiger charge is 2.09. The van der Waals surface area contributed by atoms with Crippen LogP contribution in [0, 0.1) is 0 Å². The number of morpholine rings is 1. The molecule has 24 heavy (non-hydrogen) atoms. The first-order chi connectivity index (χ1) is 11.5. The number of hydrogen-bond acceptors (Lipinski definition) is 6. The number of nitrogens with one attached hydrogen (secondary N) is 2. The molecule has 0 atom stereocenters. The molecule has 0 bridgehead atoms. The largest absolute Gasteiger partial charge is 0.473 e. The fraction of sp³-hybridized carbons (Fsp3) is 0.500. The molecule has 10 heteroatoms. The average molecular weight is 359 g/mol. The number of carboxylic acid groups (broad SMARTS) is 2. The summed E-state index contributed by atoms with van der Waals surface area (Å²) >= 11 is 5.19. The van der Waals surface area contributed by atoms with Crippen LogP contribution in [0.5, 0.6) is 0 Å². The Morgan fingerprint density at radius 2 is 1.88 bits per heavy atom. The van der Waals surface area contributed by atoms with Crippen molar-refractivity contribution in [1.29, 1.82) is 0 Å². The smallest absolute Gasteiger partial charge is 0.414 e. The van der Waals surface area contributed by atoms with Crippen LogP contribution in [0.1, 0.15) is 5.76 Å². The zero-order chi connectivity index (χ0) is 17.8. The first-order valence-electron chi connectivity index (χ1n) is 7.29. The van der Waals surface area contributed by atoms with E-state index in [4.69, 9.17) is 41.2 Å². The highest BCUT2D eigenvalue weighted by atomic mass is 32.1. The van der Waals surface area contributed by atoms with E-state index in [9.17, 15) is 0 Å². The van der Waals surface area contributed by atoms with Gasteiger partial charge in [-0.25, -0.2) is 9.59 Å². The second-order valence-corrected chi connectivity index (χ2v) is 5.16. The van der Waals surface area contributed by atoms with Crippen molar-refractivity contribution in [2.24, 2.45) is 0 Å². The highest BCUT2D eigenvalue weighted by molar-refractivity contribution is 7.80. The van der Waals surface area contributed by atoms with Crippen LogP contribution in [0.3, 0.4) is 0 Å². The summed E-state index contributed by atoms with van der Waals surface area (Å²) in [6, 6.07) is 3.79. The van der Waals surface area contributed by atoms with Gasteiger partial charge in [0.25, 0.3) is 0 Å². The minimum atomic E-state index is -1.82. The summed E-state index contributed by atoms with van der Waals surface area (Å²) in [5.41, 5.74) is 0. The molecule has 0 radical (unpaired) electrons. The van der Waals surface area contributed by atoms with E-state index in [1.54, 1.807) is 6.26 Å². The molecule has 2 heterocycles. The molecule has 1 fully saturated rings. The monoisotopic (exact) mass is 359 g/mol. The van der Waals surface area contributed by atoms with Crippen molar-refractivity contribution in [3.05, 3.63) is 24.2 Å². The normalized spacial score (nSPS) is 14.2. The topological polar surface area (TPSA) is 124 Å². The number of carbonyl (C=O) groups is 2. The summed E-state index contributed by atoms with van der Waals surface area (Å²) in [5.74, 6) is -2.77. The van der Waals surface area contributed by atoms with Crippen molar-refractivity contribution in [1.82, 2.24) is 15.5 Å². The van der Waals surface area contributed by atoms with Crippen LogP contribution in [0.15, 0.2) is 22.8 Å². The fourth-order valence-corrected chi connectivity index (χ4v) is 1.97. The van der Waals surface area contributed by atoms with Crippen LogP contribution in [-0.4, -0.2) is 71.6 Å². The zero-order valence-electron chi connectivity index (χ0n) is 13.1. The van der Waals surface area contributed by atoms with E-state index in [0.717, 1.165) is 45.2 Å². The van der Waals surface area contributed by atoms with Gasteiger partial charge in [0.05, 0.1) is 26.0 Å². The standard InChI is InChI=1S/C12H19N3O2S.C2H2O4/c18-12(14-10-11-2-1-7-17-11)13-3-4-15-5-8-16-9-6-15;3-1(4)2(5)6/h1-2,7H,3-6,8-10H2,(H2,13,14,18);(H,3,4)(H,5,6). The van der Waals surface area contributed by atoms with Gasteiger partial charge in [-0.15, -0.1) is 0 Å². The van der Waals surface area contributed by atoms with Gasteiger partial charge < -0.3 is 30.0 Å². The Morgan fingerprint density at radius 1 is 1.21 bits per heavy atom. The molecule has 1 aromatic heterocycles. The van der Waals surface area contributed by atoms with Crippen LogP contribution in [0.4, 0.5) is 0 Å². The molecule has 4 N–H and O–H groups in total. The Labute approximate surface area is 144 Å². The minimum absolute atomic E-state index is 0.621. The molecule has 1 aliphatic heterocycles. The lowest BCUT2D eigenvalue weighted by atomic mass is 10.4. The number of thiocarbonyl (C=S) groups is 1. The van der Waals surface area contributed by atoms with Gasteiger partial charge in [-0.3, -0.25) is 4.90 Å². The van der Waals surface area contributed by atoms with Crippen molar-refractivity contribution < 1.29 is 29.0 Å². The Bertz CT molecular complexity index is 505. The lowest BCUT2D eigenvalue weighted by Crippen LogP contribution is -2.43. The van der Waals surface area contributed by atoms with Gasteiger partial charge in [0, 0.05) is 26.2 Å².